The molecular formula is C22H24N2O4. The maximum Gasteiger partial charge on any atom is 0.294 e. The summed E-state index contributed by atoms with van der Waals surface area (Å²) in [4.78, 5) is 31.6. The second-order valence-electron chi connectivity index (χ2n) is 7.05. The van der Waals surface area contributed by atoms with Gasteiger partial charge in [0.15, 0.2) is 11.5 Å². The van der Waals surface area contributed by atoms with Crippen molar-refractivity contribution in [3.8, 4) is 5.75 Å². The van der Waals surface area contributed by atoms with Crippen molar-refractivity contribution in [1.29, 1.82) is 0 Å². The normalized spacial score (nSPS) is 16.8. The van der Waals surface area contributed by atoms with E-state index in [0.29, 0.717) is 23.7 Å². The minimum atomic E-state index is -0.781. The average Bonchev–Trinajstić information content (AvgIpc) is 2.94. The summed E-state index contributed by atoms with van der Waals surface area (Å²) >= 11 is 0. The second-order valence-corrected chi connectivity index (χ2v) is 7.05. The molecule has 28 heavy (non-hydrogen) atoms. The summed E-state index contributed by atoms with van der Waals surface area (Å²) in [6.45, 7) is 6.21. The SMILES string of the molecule is CCOc1cccc(N2C(=O)C(O)=C(C(=O)CC(C)C)C2c2ccccn2)c1. The predicted octanol–water partition coefficient (Wildman–Crippen LogP) is 4.00. The van der Waals surface area contributed by atoms with E-state index in [2.05, 4.69) is 4.98 Å². The smallest absolute Gasteiger partial charge is 0.294 e. The molecule has 3 rings (SSSR count). The average molecular weight is 380 g/mol. The zero-order chi connectivity index (χ0) is 20.3. The van der Waals surface area contributed by atoms with Gasteiger partial charge in [0.2, 0.25) is 0 Å². The standard InChI is InChI=1S/C22H24N2O4/c1-4-28-16-9-7-8-15(13-16)24-20(17-10-5-6-11-23-17)19(21(26)22(24)27)18(25)12-14(2)3/h5-11,13-14,20,26H,4,12H2,1-3H3. The molecule has 1 N–H and O–H groups in total. The Morgan fingerprint density at radius 3 is 2.68 bits per heavy atom. The van der Waals surface area contributed by atoms with Crippen LogP contribution < -0.4 is 9.64 Å². The van der Waals surface area contributed by atoms with E-state index in [1.54, 1.807) is 48.7 Å². The number of ether oxygens (including phenoxy) is 1. The fourth-order valence-corrected chi connectivity index (χ4v) is 3.34. The molecule has 2 aromatic rings. The van der Waals surface area contributed by atoms with E-state index >= 15 is 0 Å². The molecule has 0 bridgehead atoms. The van der Waals surface area contributed by atoms with Crippen LogP contribution in [0.4, 0.5) is 5.69 Å². The van der Waals surface area contributed by atoms with Gasteiger partial charge >= 0.3 is 0 Å². The second kappa shape index (κ2) is 8.25. The molecule has 6 heteroatoms. The van der Waals surface area contributed by atoms with Gasteiger partial charge in [-0.3, -0.25) is 19.5 Å². The number of hydrogen-bond donors (Lipinski definition) is 1. The lowest BCUT2D eigenvalue weighted by Gasteiger charge is -2.26. The summed E-state index contributed by atoms with van der Waals surface area (Å²) in [5, 5.41) is 10.6. The first-order valence-electron chi connectivity index (χ1n) is 9.37. The van der Waals surface area contributed by atoms with Gasteiger partial charge in [0.05, 0.1) is 17.9 Å². The molecule has 1 amide bonds. The summed E-state index contributed by atoms with van der Waals surface area (Å²) in [5.41, 5.74) is 1.15. The Morgan fingerprint density at radius 2 is 2.04 bits per heavy atom. The van der Waals surface area contributed by atoms with Crippen LogP contribution in [0.1, 0.15) is 38.9 Å². The van der Waals surface area contributed by atoms with Crippen LogP contribution in [0, 0.1) is 5.92 Å². The van der Waals surface area contributed by atoms with Crippen LogP contribution in [-0.4, -0.2) is 28.4 Å². The highest BCUT2D eigenvalue weighted by Gasteiger charge is 2.45. The lowest BCUT2D eigenvalue weighted by molar-refractivity contribution is -0.118. The number of ketones is 1. The van der Waals surface area contributed by atoms with Crippen LogP contribution in [-0.2, 0) is 9.59 Å². The monoisotopic (exact) mass is 380 g/mol. The number of aliphatic hydroxyl groups excluding tert-OH is 1. The first-order chi connectivity index (χ1) is 13.4. The van der Waals surface area contributed by atoms with Crippen molar-refractivity contribution in [3.63, 3.8) is 0 Å². The molecule has 0 saturated heterocycles. The topological polar surface area (TPSA) is 79.7 Å². The highest BCUT2D eigenvalue weighted by atomic mass is 16.5. The molecule has 6 nitrogen and oxygen atoms in total. The summed E-state index contributed by atoms with van der Waals surface area (Å²) in [7, 11) is 0. The highest BCUT2D eigenvalue weighted by Crippen LogP contribution is 2.41. The Bertz CT molecular complexity index is 906. The molecule has 1 aliphatic rings. The van der Waals surface area contributed by atoms with Gasteiger partial charge in [-0.05, 0) is 37.1 Å². The van der Waals surface area contributed by atoms with Gasteiger partial charge in [-0.15, -0.1) is 0 Å². The quantitative estimate of drug-likeness (QED) is 0.785. The molecule has 0 fully saturated rings. The molecule has 0 spiro atoms. The Balaban J connectivity index is 2.11. The molecule has 0 aliphatic carbocycles. The third-order valence-electron chi connectivity index (χ3n) is 4.48. The molecule has 1 aromatic heterocycles. The Hall–Kier alpha value is -3.15. The number of Topliss-reactive ketones (excluding diaryl/α,β-unsaturated/α-hetero) is 1. The van der Waals surface area contributed by atoms with Crippen LogP contribution in [0.2, 0.25) is 0 Å². The van der Waals surface area contributed by atoms with Gasteiger partial charge in [0.25, 0.3) is 5.91 Å². The maximum absolute atomic E-state index is 13.0. The van der Waals surface area contributed by atoms with Crippen molar-refractivity contribution in [2.24, 2.45) is 5.92 Å². The van der Waals surface area contributed by atoms with Gasteiger partial charge in [0.1, 0.15) is 11.8 Å². The number of nitrogens with zero attached hydrogens (tertiary/aromatic N) is 2. The number of hydrogen-bond acceptors (Lipinski definition) is 5. The number of carbonyl (C=O) groups is 2. The minimum Gasteiger partial charge on any atom is -0.503 e. The molecule has 0 radical (unpaired) electrons. The number of anilines is 1. The van der Waals surface area contributed by atoms with Crippen molar-refractivity contribution < 1.29 is 19.4 Å². The third-order valence-corrected chi connectivity index (χ3v) is 4.48. The van der Waals surface area contributed by atoms with Crippen molar-refractivity contribution in [1.82, 2.24) is 4.98 Å². The first-order valence-corrected chi connectivity index (χ1v) is 9.37. The number of rotatable bonds is 7. The Labute approximate surface area is 164 Å². The molecule has 1 atom stereocenters. The van der Waals surface area contributed by atoms with E-state index in [9.17, 15) is 14.7 Å². The van der Waals surface area contributed by atoms with Gasteiger partial charge in [-0.1, -0.05) is 26.0 Å². The van der Waals surface area contributed by atoms with E-state index in [1.807, 2.05) is 20.8 Å². The molecule has 146 valence electrons. The number of benzene rings is 1. The van der Waals surface area contributed by atoms with E-state index in [0.717, 1.165) is 0 Å². The lowest BCUT2D eigenvalue weighted by atomic mass is 9.94. The van der Waals surface area contributed by atoms with Gasteiger partial charge in [-0.25, -0.2) is 0 Å². The summed E-state index contributed by atoms with van der Waals surface area (Å²) in [6.07, 6.45) is 1.84. The van der Waals surface area contributed by atoms with Crippen molar-refractivity contribution in [3.05, 3.63) is 65.7 Å². The van der Waals surface area contributed by atoms with Crippen LogP contribution in [0.5, 0.6) is 5.75 Å². The van der Waals surface area contributed by atoms with Gasteiger partial charge in [0, 0.05) is 24.4 Å². The molecular weight excluding hydrogens is 356 g/mol. The summed E-state index contributed by atoms with van der Waals surface area (Å²) in [6, 6.07) is 11.6. The van der Waals surface area contributed by atoms with Crippen molar-refractivity contribution >= 4 is 17.4 Å². The zero-order valence-electron chi connectivity index (χ0n) is 16.3. The third kappa shape index (κ3) is 3.76. The van der Waals surface area contributed by atoms with Gasteiger partial charge in [-0.2, -0.15) is 0 Å². The zero-order valence-corrected chi connectivity index (χ0v) is 16.3. The summed E-state index contributed by atoms with van der Waals surface area (Å²) in [5.74, 6) is -0.670. The Kier molecular flexibility index (Phi) is 5.78. The van der Waals surface area contributed by atoms with Crippen molar-refractivity contribution in [2.45, 2.75) is 33.2 Å². The van der Waals surface area contributed by atoms with Crippen molar-refractivity contribution in [2.75, 3.05) is 11.5 Å². The number of pyridine rings is 1. The fourth-order valence-electron chi connectivity index (χ4n) is 3.34. The predicted molar refractivity (Wildman–Crippen MR) is 106 cm³/mol. The number of aliphatic hydroxyl groups is 1. The van der Waals surface area contributed by atoms with Crippen LogP contribution in [0.25, 0.3) is 0 Å². The van der Waals surface area contributed by atoms with Crippen LogP contribution in [0.15, 0.2) is 60.0 Å². The van der Waals surface area contributed by atoms with E-state index in [1.165, 1.54) is 4.90 Å². The molecule has 1 unspecified atom stereocenters. The number of carbonyl (C=O) groups excluding carboxylic acids is 2. The maximum atomic E-state index is 13.0. The first kappa shape index (κ1) is 19.6. The van der Waals surface area contributed by atoms with E-state index < -0.39 is 17.7 Å². The lowest BCUT2D eigenvalue weighted by Crippen LogP contribution is -2.31. The highest BCUT2D eigenvalue weighted by molar-refractivity contribution is 6.16. The van der Waals surface area contributed by atoms with Crippen LogP contribution >= 0.6 is 0 Å². The van der Waals surface area contributed by atoms with Gasteiger partial charge < -0.3 is 9.84 Å². The Morgan fingerprint density at radius 1 is 1.25 bits per heavy atom. The minimum absolute atomic E-state index is 0.0965. The molecule has 1 aromatic carbocycles. The molecule has 2 heterocycles. The largest absolute Gasteiger partial charge is 0.503 e. The number of amides is 1. The fraction of sp³-hybridized carbons (Fsp3) is 0.318. The molecule has 1 aliphatic heterocycles. The molecule has 0 saturated carbocycles. The number of aromatic nitrogens is 1. The van der Waals surface area contributed by atoms with Crippen LogP contribution in [0.3, 0.4) is 0 Å². The van der Waals surface area contributed by atoms with E-state index in [-0.39, 0.29) is 23.7 Å². The summed E-state index contributed by atoms with van der Waals surface area (Å²) < 4.78 is 5.54. The van der Waals surface area contributed by atoms with E-state index in [4.69, 9.17) is 4.74 Å².